The molecule has 1 unspecified atom stereocenters. The predicted molar refractivity (Wildman–Crippen MR) is 134 cm³/mol. The van der Waals surface area contributed by atoms with Crippen LogP contribution in [0.3, 0.4) is 0 Å². The van der Waals surface area contributed by atoms with Crippen LogP contribution < -0.4 is 16.0 Å². The topological polar surface area (TPSA) is 155 Å². The Labute approximate surface area is 212 Å². The van der Waals surface area contributed by atoms with Crippen LogP contribution in [0.5, 0.6) is 0 Å². The van der Waals surface area contributed by atoms with Crippen LogP contribution in [0.2, 0.25) is 0 Å². The third-order valence-corrected chi connectivity index (χ3v) is 6.58. The highest BCUT2D eigenvalue weighted by molar-refractivity contribution is 7.13. The van der Waals surface area contributed by atoms with Crippen LogP contribution in [-0.2, 0) is 16.8 Å². The number of amides is 3. The molecule has 1 atom stereocenters. The number of likely N-dealkylation sites (N-methyl/N-ethyl adjacent to an activating group) is 1. The maximum Gasteiger partial charge on any atom is 0.270 e. The lowest BCUT2D eigenvalue weighted by Crippen LogP contribution is -2.29. The lowest BCUT2D eigenvalue weighted by Gasteiger charge is -2.17. The minimum atomic E-state index is -0.487. The van der Waals surface area contributed by atoms with Crippen molar-refractivity contribution in [1.82, 2.24) is 35.1 Å². The highest BCUT2D eigenvalue weighted by Crippen LogP contribution is 2.25. The molecule has 4 rings (SSSR count). The van der Waals surface area contributed by atoms with Gasteiger partial charge in [-0.25, -0.2) is 24.9 Å². The van der Waals surface area contributed by atoms with Crippen molar-refractivity contribution in [3.8, 4) is 0 Å². The second-order valence-corrected chi connectivity index (χ2v) is 10.6. The zero-order chi connectivity index (χ0) is 26.0. The Morgan fingerprint density at radius 2 is 1.83 bits per heavy atom. The summed E-state index contributed by atoms with van der Waals surface area (Å²) in [7, 11) is 1.78. The number of hydrogen-bond acceptors (Lipinski definition) is 10. The first-order chi connectivity index (χ1) is 17.0. The van der Waals surface area contributed by atoms with E-state index in [-0.39, 0.29) is 29.5 Å². The second kappa shape index (κ2) is 10.0. The largest absolute Gasteiger partial charge is 0.342 e. The molecule has 188 valence electrons. The van der Waals surface area contributed by atoms with E-state index >= 15 is 0 Å². The molecule has 3 aromatic heterocycles. The normalized spacial score (nSPS) is 14.9. The fourth-order valence-electron chi connectivity index (χ4n) is 3.54. The summed E-state index contributed by atoms with van der Waals surface area (Å²) >= 11 is 1.17. The molecule has 0 saturated heterocycles. The van der Waals surface area contributed by atoms with Crippen LogP contribution >= 0.6 is 11.3 Å². The summed E-state index contributed by atoms with van der Waals surface area (Å²) in [4.78, 5) is 60.9. The number of rotatable bonds is 5. The Morgan fingerprint density at radius 3 is 2.58 bits per heavy atom. The summed E-state index contributed by atoms with van der Waals surface area (Å²) in [6, 6.07) is 1.26. The molecule has 0 aliphatic carbocycles. The third kappa shape index (κ3) is 5.69. The molecule has 0 bridgehead atoms. The minimum Gasteiger partial charge on any atom is -0.342 e. The van der Waals surface area contributed by atoms with Gasteiger partial charge in [0.15, 0.2) is 0 Å². The van der Waals surface area contributed by atoms with Crippen LogP contribution in [0.1, 0.15) is 70.2 Å². The number of hydrogen-bond donors (Lipinski definition) is 3. The van der Waals surface area contributed by atoms with E-state index in [0.717, 1.165) is 5.69 Å². The van der Waals surface area contributed by atoms with Gasteiger partial charge in [0.25, 0.3) is 11.8 Å². The van der Waals surface area contributed by atoms with Gasteiger partial charge in [-0.15, -0.1) is 11.3 Å². The first kappa shape index (κ1) is 25.3. The van der Waals surface area contributed by atoms with Crippen LogP contribution in [0, 0.1) is 0 Å². The van der Waals surface area contributed by atoms with Crippen molar-refractivity contribution in [3.63, 3.8) is 0 Å². The van der Waals surface area contributed by atoms with E-state index in [2.05, 4.69) is 40.9 Å². The number of nitrogens with zero attached hydrogens (tertiary/aromatic N) is 6. The Balaban J connectivity index is 1.45. The summed E-state index contributed by atoms with van der Waals surface area (Å²) < 4.78 is 0. The van der Waals surface area contributed by atoms with Crippen molar-refractivity contribution in [3.05, 3.63) is 51.8 Å². The van der Waals surface area contributed by atoms with E-state index < -0.39 is 11.9 Å². The van der Waals surface area contributed by atoms with Gasteiger partial charge in [-0.2, -0.15) is 0 Å². The lowest BCUT2D eigenvalue weighted by atomic mass is 9.92. The molecular formula is C23H27N9O3S. The molecule has 3 aromatic rings. The number of nitrogens with one attached hydrogen (secondary N) is 3. The first-order valence-corrected chi connectivity index (χ1v) is 12.1. The zero-order valence-corrected chi connectivity index (χ0v) is 21.4. The zero-order valence-electron chi connectivity index (χ0n) is 20.6. The van der Waals surface area contributed by atoms with Crippen molar-refractivity contribution >= 4 is 40.7 Å². The Bertz CT molecular complexity index is 1320. The molecule has 13 heteroatoms. The van der Waals surface area contributed by atoms with Gasteiger partial charge in [0.1, 0.15) is 39.9 Å². The average molecular weight is 510 g/mol. The fraction of sp³-hybridized carbons (Fsp3) is 0.391. The molecule has 0 spiro atoms. The summed E-state index contributed by atoms with van der Waals surface area (Å²) in [5.41, 5.74) is 1.34. The van der Waals surface area contributed by atoms with Crippen molar-refractivity contribution < 1.29 is 14.4 Å². The molecule has 3 N–H and O–H groups in total. The van der Waals surface area contributed by atoms with Crippen LogP contribution in [0.15, 0.2) is 24.9 Å². The summed E-state index contributed by atoms with van der Waals surface area (Å²) in [6.45, 7) is 8.38. The van der Waals surface area contributed by atoms with E-state index in [0.29, 0.717) is 33.6 Å². The molecular weight excluding hydrogens is 482 g/mol. The highest BCUT2D eigenvalue weighted by atomic mass is 32.1. The number of fused-ring (bicyclic) bond motifs is 1. The molecule has 36 heavy (non-hydrogen) atoms. The van der Waals surface area contributed by atoms with E-state index in [1.165, 1.54) is 30.2 Å². The smallest absolute Gasteiger partial charge is 0.270 e. The Morgan fingerprint density at radius 1 is 1.08 bits per heavy atom. The molecule has 1 aliphatic rings. The number of carbonyl (C=O) groups is 3. The summed E-state index contributed by atoms with van der Waals surface area (Å²) in [5.74, 6) is -0.263. The molecule has 0 saturated carbocycles. The Hall–Kier alpha value is -3.84. The molecule has 3 amide bonds. The number of aromatic nitrogens is 5. The van der Waals surface area contributed by atoms with E-state index in [1.54, 1.807) is 24.9 Å². The quantitative estimate of drug-likeness (QED) is 0.469. The number of thiazole rings is 1. The minimum absolute atomic E-state index is 0.175. The predicted octanol–water partition coefficient (Wildman–Crippen LogP) is 2.15. The maximum atomic E-state index is 13.0. The number of anilines is 2. The fourth-order valence-corrected chi connectivity index (χ4v) is 4.36. The van der Waals surface area contributed by atoms with Gasteiger partial charge in [0.2, 0.25) is 5.91 Å². The summed E-state index contributed by atoms with van der Waals surface area (Å²) in [5, 5.41) is 8.90. The molecule has 0 aromatic carbocycles. The van der Waals surface area contributed by atoms with Gasteiger partial charge in [-0.05, 0) is 14.0 Å². The molecule has 1 aliphatic heterocycles. The van der Waals surface area contributed by atoms with Gasteiger partial charge < -0.3 is 16.0 Å². The van der Waals surface area contributed by atoms with Gasteiger partial charge in [0.05, 0.1) is 24.5 Å². The highest BCUT2D eigenvalue weighted by Gasteiger charge is 2.26. The van der Waals surface area contributed by atoms with Crippen LogP contribution in [0.4, 0.5) is 11.6 Å². The molecule has 4 heterocycles. The SMILES string of the molecule is CC(NC(=O)c1ncnc2c1CN(C)CC(=O)N2)c1ncc(C(=O)Nc2cc(C(C)(C)C)ncn2)s1. The molecule has 0 fully saturated rings. The average Bonchev–Trinajstić information content (AvgIpc) is 3.24. The van der Waals surface area contributed by atoms with E-state index in [1.807, 2.05) is 20.8 Å². The van der Waals surface area contributed by atoms with Gasteiger partial charge in [-0.1, -0.05) is 20.8 Å². The molecule has 12 nitrogen and oxygen atoms in total. The van der Waals surface area contributed by atoms with Gasteiger partial charge >= 0.3 is 0 Å². The first-order valence-electron chi connectivity index (χ1n) is 11.2. The monoisotopic (exact) mass is 509 g/mol. The standard InChI is InChI=1S/C23H27N9O3S/c1-12(29-21(35)18-13-8-32(5)9-17(33)31-19(13)28-11-27-18)22-24-7-14(36-22)20(34)30-16-6-15(23(2,3)4)25-10-26-16/h6-7,10-12H,8-9H2,1-5H3,(H,29,35)(H,25,26,30,34)(H,27,28,31,33). The van der Waals surface area contributed by atoms with Crippen LogP contribution in [0.25, 0.3) is 0 Å². The van der Waals surface area contributed by atoms with E-state index in [9.17, 15) is 14.4 Å². The van der Waals surface area contributed by atoms with Crippen molar-refractivity contribution in [2.24, 2.45) is 0 Å². The Kier molecular flexibility index (Phi) is 7.04. The molecule has 0 radical (unpaired) electrons. The van der Waals surface area contributed by atoms with Crippen molar-refractivity contribution in [1.29, 1.82) is 0 Å². The second-order valence-electron chi connectivity index (χ2n) is 9.52. The summed E-state index contributed by atoms with van der Waals surface area (Å²) in [6.07, 6.45) is 4.13. The van der Waals surface area contributed by atoms with Gasteiger partial charge in [0, 0.05) is 23.6 Å². The van der Waals surface area contributed by atoms with Crippen molar-refractivity contribution in [2.45, 2.75) is 45.7 Å². The lowest BCUT2D eigenvalue weighted by molar-refractivity contribution is -0.116. The van der Waals surface area contributed by atoms with Gasteiger partial charge in [-0.3, -0.25) is 19.3 Å². The van der Waals surface area contributed by atoms with Crippen LogP contribution in [-0.4, -0.2) is 61.1 Å². The van der Waals surface area contributed by atoms with Crippen molar-refractivity contribution in [2.75, 3.05) is 24.2 Å². The number of carbonyl (C=O) groups excluding carboxylic acids is 3. The maximum absolute atomic E-state index is 13.0. The van der Waals surface area contributed by atoms with E-state index in [4.69, 9.17) is 0 Å². The third-order valence-electron chi connectivity index (χ3n) is 5.40.